The van der Waals surface area contributed by atoms with Crippen LogP contribution in [0.2, 0.25) is 0 Å². The van der Waals surface area contributed by atoms with Gasteiger partial charge in [0.2, 0.25) is 0 Å². The molecule has 288 valence electrons. The summed E-state index contributed by atoms with van der Waals surface area (Å²) in [4.78, 5) is 28.8. The van der Waals surface area contributed by atoms with Crippen LogP contribution in [0.15, 0.2) is 78.5 Å². The maximum Gasteiger partial charge on any atom is 0.306 e. The van der Waals surface area contributed by atoms with Crippen molar-refractivity contribution in [2.75, 3.05) is 19.7 Å². The Labute approximate surface area is 331 Å². The molecule has 0 radical (unpaired) electrons. The molecular formula is C44H61IN4O4. The van der Waals surface area contributed by atoms with E-state index in [9.17, 15) is 14.7 Å². The SMILES string of the molecule is CC[C@H]1OC(=O)CC[C@H](C)C[C@@H](CCN(CCn2cc(-c3ccc(C(C)(C)C)cc3)nn2)Cc2ccc(I)cc2)C[C@@H](C)C(=O)/C=C/C(C)=C/[C@@H]1CO. The molecule has 1 aromatic heterocycles. The fourth-order valence-electron chi connectivity index (χ4n) is 7.16. The predicted octanol–water partition coefficient (Wildman–Crippen LogP) is 9.20. The molecule has 1 aliphatic heterocycles. The fraction of sp³-hybridized carbons (Fsp3) is 0.545. The number of ketones is 1. The highest BCUT2D eigenvalue weighted by atomic mass is 127. The first kappa shape index (κ1) is 42.6. The molecule has 0 amide bonds. The molecule has 53 heavy (non-hydrogen) atoms. The van der Waals surface area contributed by atoms with E-state index < -0.39 is 6.10 Å². The van der Waals surface area contributed by atoms with Gasteiger partial charge in [-0.15, -0.1) is 5.10 Å². The van der Waals surface area contributed by atoms with Gasteiger partial charge in [-0.1, -0.05) is 101 Å². The van der Waals surface area contributed by atoms with Gasteiger partial charge in [-0.3, -0.25) is 19.2 Å². The number of aliphatic hydroxyl groups excluding tert-OH is 1. The van der Waals surface area contributed by atoms with E-state index in [0.29, 0.717) is 31.2 Å². The minimum atomic E-state index is -0.399. The van der Waals surface area contributed by atoms with E-state index >= 15 is 0 Å². The van der Waals surface area contributed by atoms with Gasteiger partial charge in [0, 0.05) is 40.5 Å². The molecule has 4 rings (SSSR count). The Morgan fingerprint density at radius 3 is 2.38 bits per heavy atom. The lowest BCUT2D eigenvalue weighted by Crippen LogP contribution is -2.30. The van der Waals surface area contributed by atoms with Crippen LogP contribution in [0.1, 0.15) is 98.1 Å². The van der Waals surface area contributed by atoms with Crippen LogP contribution in [0.25, 0.3) is 11.3 Å². The lowest BCUT2D eigenvalue weighted by Gasteiger charge is -2.28. The molecule has 1 aliphatic rings. The molecule has 0 spiro atoms. The topological polar surface area (TPSA) is 97.5 Å². The monoisotopic (exact) mass is 836 g/mol. The summed E-state index contributed by atoms with van der Waals surface area (Å²) in [6.45, 7) is 17.9. The average molecular weight is 837 g/mol. The number of rotatable bonds is 11. The van der Waals surface area contributed by atoms with Crippen molar-refractivity contribution in [1.82, 2.24) is 19.9 Å². The third kappa shape index (κ3) is 13.9. The maximum atomic E-state index is 13.4. The van der Waals surface area contributed by atoms with Gasteiger partial charge < -0.3 is 9.84 Å². The Bertz CT molecular complexity index is 1660. The smallest absolute Gasteiger partial charge is 0.306 e. The van der Waals surface area contributed by atoms with Crippen molar-refractivity contribution in [1.29, 1.82) is 0 Å². The highest BCUT2D eigenvalue weighted by molar-refractivity contribution is 14.1. The summed E-state index contributed by atoms with van der Waals surface area (Å²) >= 11 is 2.35. The summed E-state index contributed by atoms with van der Waals surface area (Å²) in [6.07, 6.45) is 11.4. The van der Waals surface area contributed by atoms with Gasteiger partial charge in [-0.2, -0.15) is 0 Å². The maximum absolute atomic E-state index is 13.4. The van der Waals surface area contributed by atoms with Crippen LogP contribution in [-0.4, -0.2) is 62.6 Å². The minimum Gasteiger partial charge on any atom is -0.462 e. The normalized spacial score (nSPS) is 24.1. The number of ether oxygens (including phenoxy) is 1. The second-order valence-electron chi connectivity index (χ2n) is 16.2. The Balaban J connectivity index is 1.49. The summed E-state index contributed by atoms with van der Waals surface area (Å²) in [7, 11) is 0. The minimum absolute atomic E-state index is 0.0961. The van der Waals surface area contributed by atoms with E-state index in [1.807, 2.05) is 43.8 Å². The molecule has 0 saturated carbocycles. The number of allylic oxidation sites excluding steroid dienone is 3. The highest BCUT2D eigenvalue weighted by Gasteiger charge is 2.25. The average Bonchev–Trinajstić information content (AvgIpc) is 3.61. The van der Waals surface area contributed by atoms with E-state index in [1.54, 1.807) is 6.08 Å². The van der Waals surface area contributed by atoms with Crippen molar-refractivity contribution < 1.29 is 19.4 Å². The van der Waals surface area contributed by atoms with Crippen LogP contribution >= 0.6 is 22.6 Å². The van der Waals surface area contributed by atoms with E-state index in [4.69, 9.17) is 4.74 Å². The Morgan fingerprint density at radius 2 is 1.72 bits per heavy atom. The zero-order valence-electron chi connectivity index (χ0n) is 32.9. The number of hydrogen-bond donors (Lipinski definition) is 1. The standard InChI is InChI=1S/C44H61IN4O4/c1-8-42-37(30-50)26-32(3)9-19-41(51)33(4)27-35(25-31(2)10-20-43(52)53-42)21-22-48(28-34-11-17-39(45)18-12-34)23-24-49-29-40(46-47-49)36-13-15-38(16-14-36)44(5,6)7/h9,11-19,26,29,31,33,35,37,42,50H,8,10,20-25,27-28,30H2,1-7H3/b19-9+,32-26+/t31-,33+,35+,37+,42+/m0/s1. The quantitative estimate of drug-likeness (QED) is 0.152. The number of nitrogens with zero attached hydrogens (tertiary/aromatic N) is 4. The zero-order chi connectivity index (χ0) is 38.5. The third-order valence-electron chi connectivity index (χ3n) is 10.5. The fourth-order valence-corrected chi connectivity index (χ4v) is 7.52. The summed E-state index contributed by atoms with van der Waals surface area (Å²) in [5, 5.41) is 19.1. The third-order valence-corrected chi connectivity index (χ3v) is 11.2. The number of benzene rings is 2. The molecule has 2 aromatic carbocycles. The van der Waals surface area contributed by atoms with Crippen LogP contribution in [0.5, 0.6) is 0 Å². The van der Waals surface area contributed by atoms with Gasteiger partial charge in [0.1, 0.15) is 11.8 Å². The summed E-state index contributed by atoms with van der Waals surface area (Å²) in [6, 6.07) is 17.3. The van der Waals surface area contributed by atoms with Crippen molar-refractivity contribution >= 4 is 34.3 Å². The Hall–Kier alpha value is -3.15. The molecule has 8 nitrogen and oxygen atoms in total. The van der Waals surface area contributed by atoms with Gasteiger partial charge in [0.05, 0.1) is 19.3 Å². The Kier molecular flexibility index (Phi) is 16.5. The van der Waals surface area contributed by atoms with E-state index in [-0.39, 0.29) is 35.6 Å². The van der Waals surface area contributed by atoms with Crippen molar-refractivity contribution in [3.8, 4) is 11.3 Å². The lowest BCUT2D eigenvalue weighted by atomic mass is 9.83. The van der Waals surface area contributed by atoms with Crippen LogP contribution in [0.4, 0.5) is 0 Å². The molecular weight excluding hydrogens is 775 g/mol. The van der Waals surface area contributed by atoms with Gasteiger partial charge >= 0.3 is 5.97 Å². The molecule has 0 unspecified atom stereocenters. The zero-order valence-corrected chi connectivity index (χ0v) is 35.1. The molecule has 3 aromatic rings. The van der Waals surface area contributed by atoms with Gasteiger partial charge in [-0.05, 0) is 115 Å². The summed E-state index contributed by atoms with van der Waals surface area (Å²) in [5.41, 5.74) is 5.46. The molecule has 5 atom stereocenters. The number of esters is 1. The molecule has 0 saturated heterocycles. The second-order valence-corrected chi connectivity index (χ2v) is 17.4. The number of aliphatic hydroxyl groups is 1. The highest BCUT2D eigenvalue weighted by Crippen LogP contribution is 2.29. The van der Waals surface area contributed by atoms with Gasteiger partial charge in [0.15, 0.2) is 5.78 Å². The molecule has 1 N–H and O–H groups in total. The van der Waals surface area contributed by atoms with E-state index in [2.05, 4.69) is 114 Å². The first-order valence-corrected chi connectivity index (χ1v) is 20.5. The summed E-state index contributed by atoms with van der Waals surface area (Å²) < 4.78 is 9.02. The predicted molar refractivity (Wildman–Crippen MR) is 222 cm³/mol. The lowest BCUT2D eigenvalue weighted by molar-refractivity contribution is -0.152. The molecule has 2 heterocycles. The number of hydrogen-bond acceptors (Lipinski definition) is 7. The van der Waals surface area contributed by atoms with Crippen molar-refractivity contribution in [3.63, 3.8) is 0 Å². The van der Waals surface area contributed by atoms with Crippen molar-refractivity contribution in [2.45, 2.75) is 112 Å². The van der Waals surface area contributed by atoms with Crippen LogP contribution in [0.3, 0.4) is 0 Å². The summed E-state index contributed by atoms with van der Waals surface area (Å²) in [5.74, 6) is 0.0841. The molecule has 9 heteroatoms. The number of carbonyl (C=O) groups excluding carboxylic acids is 2. The Morgan fingerprint density at radius 1 is 1.00 bits per heavy atom. The first-order valence-electron chi connectivity index (χ1n) is 19.4. The largest absolute Gasteiger partial charge is 0.462 e. The number of halogens is 1. The van der Waals surface area contributed by atoms with E-state index in [1.165, 1.54) is 14.7 Å². The molecule has 0 fully saturated rings. The second kappa shape index (κ2) is 20.5. The molecule has 0 bridgehead atoms. The van der Waals surface area contributed by atoms with Crippen LogP contribution in [0, 0.1) is 27.2 Å². The van der Waals surface area contributed by atoms with Crippen LogP contribution < -0.4 is 0 Å². The number of cyclic esters (lactones) is 1. The van der Waals surface area contributed by atoms with E-state index in [0.717, 1.165) is 62.1 Å². The number of aromatic nitrogens is 3. The van der Waals surface area contributed by atoms with Crippen molar-refractivity contribution in [3.05, 3.63) is 93.2 Å². The van der Waals surface area contributed by atoms with Crippen LogP contribution in [-0.2, 0) is 32.8 Å². The molecule has 0 aliphatic carbocycles. The van der Waals surface area contributed by atoms with Gasteiger partial charge in [-0.25, -0.2) is 0 Å². The number of carbonyl (C=O) groups is 2. The van der Waals surface area contributed by atoms with Gasteiger partial charge in [0.25, 0.3) is 0 Å². The van der Waals surface area contributed by atoms with Crippen molar-refractivity contribution in [2.24, 2.45) is 23.7 Å². The first-order chi connectivity index (χ1) is 25.2.